The molecule has 26 nitrogen and oxygen atoms in total. The van der Waals surface area contributed by atoms with Gasteiger partial charge in [-0.05, 0) is 19.1 Å². The lowest BCUT2D eigenvalue weighted by molar-refractivity contribution is -0.137. The van der Waals surface area contributed by atoms with Crippen molar-refractivity contribution in [1.29, 1.82) is 0 Å². The normalized spacial score (nSPS) is 21.3. The van der Waals surface area contributed by atoms with E-state index in [-0.39, 0.29) is 53.5 Å². The Bertz CT molecular complexity index is 2230. The van der Waals surface area contributed by atoms with E-state index < -0.39 is 101 Å². The summed E-state index contributed by atoms with van der Waals surface area (Å²) in [6.45, 7) is 1.64. The molecule has 1 saturated heterocycles. The lowest BCUT2D eigenvalue weighted by Crippen LogP contribution is -2.46. The minimum Gasteiger partial charge on any atom is -0.398 e. The summed E-state index contributed by atoms with van der Waals surface area (Å²) in [7, 11) is -16.5. The highest BCUT2D eigenvalue weighted by atomic mass is 32.2. The third-order valence-corrected chi connectivity index (χ3v) is 12.9. The first kappa shape index (κ1) is 49.9. The van der Waals surface area contributed by atoms with Crippen LogP contribution in [0.2, 0.25) is 0 Å². The van der Waals surface area contributed by atoms with Crippen LogP contribution in [0, 0.1) is 11.3 Å². The quantitative estimate of drug-likeness (QED) is 0.0204. The van der Waals surface area contributed by atoms with E-state index >= 15 is 0 Å². The number of aromatic nitrogens is 4. The number of ether oxygens (including phenoxy) is 1. The number of carbonyl (C=O) groups is 4. The maximum Gasteiger partial charge on any atom is 0.481 e. The highest BCUT2D eigenvalue weighted by Gasteiger charge is 2.50. The summed E-state index contributed by atoms with van der Waals surface area (Å²) in [6, 6.07) is 6.35. The smallest absolute Gasteiger partial charge is 0.398 e. The number of phosphoric ester groups is 3. The molecule has 30 heteroatoms. The average molecular weight is 943 g/mol. The number of nitrogen functional groups attached to an aromatic ring is 2. The molecule has 1 fully saturated rings. The van der Waals surface area contributed by atoms with Crippen LogP contribution in [0.5, 0.6) is 0 Å². The van der Waals surface area contributed by atoms with E-state index in [1.807, 2.05) is 0 Å². The summed E-state index contributed by atoms with van der Waals surface area (Å²) in [6.07, 6.45) is -7.11. The summed E-state index contributed by atoms with van der Waals surface area (Å²) in [4.78, 5) is 101. The fourth-order valence-electron chi connectivity index (χ4n) is 5.47. The topological polar surface area (TPSA) is 407 Å². The van der Waals surface area contributed by atoms with Gasteiger partial charge in [-0.3, -0.25) is 37.3 Å². The summed E-state index contributed by atoms with van der Waals surface area (Å²) in [5.74, 6) is -2.85. The number of fused-ring (bicyclic) bond motifs is 1. The van der Waals surface area contributed by atoms with Gasteiger partial charge in [0, 0.05) is 41.9 Å². The van der Waals surface area contributed by atoms with Crippen molar-refractivity contribution < 1.29 is 85.3 Å². The Hall–Kier alpha value is -3.75. The highest BCUT2D eigenvalue weighted by Crippen LogP contribution is 2.61. The number of anilines is 2. The number of aliphatic hydroxyl groups is 2. The number of carbonyl (C=O) groups excluding carboxylic acids is 4. The van der Waals surface area contributed by atoms with E-state index in [0.717, 1.165) is 29.0 Å². The minimum absolute atomic E-state index is 0.0199. The monoisotopic (exact) mass is 942 g/mol. The Morgan fingerprint density at radius 1 is 1.00 bits per heavy atom. The van der Waals surface area contributed by atoms with Gasteiger partial charge in [0.05, 0.1) is 25.5 Å². The molecule has 2 aromatic heterocycles. The molecule has 4 rings (SSSR count). The van der Waals surface area contributed by atoms with Crippen molar-refractivity contribution in [2.45, 2.75) is 57.8 Å². The number of imidazole rings is 1. The summed E-state index contributed by atoms with van der Waals surface area (Å²) >= 11 is 0.846. The second kappa shape index (κ2) is 20.6. The number of amides is 2. The third-order valence-electron chi connectivity index (χ3n) is 8.72. The van der Waals surface area contributed by atoms with Crippen LogP contribution in [0.3, 0.4) is 0 Å². The molecule has 61 heavy (non-hydrogen) atoms. The van der Waals surface area contributed by atoms with E-state index in [0.29, 0.717) is 0 Å². The molecule has 1 aliphatic rings. The van der Waals surface area contributed by atoms with Gasteiger partial charge in [0.1, 0.15) is 36.3 Å². The van der Waals surface area contributed by atoms with Gasteiger partial charge < -0.3 is 56.6 Å². The van der Waals surface area contributed by atoms with Crippen molar-refractivity contribution in [2.75, 3.05) is 43.5 Å². The Labute approximate surface area is 350 Å². The molecule has 0 aliphatic carbocycles. The fourth-order valence-corrected chi connectivity index (χ4v) is 9.06. The molecule has 0 spiro atoms. The molecule has 0 radical (unpaired) electrons. The number of para-hydroxylation sites is 1. The van der Waals surface area contributed by atoms with Gasteiger partial charge >= 0.3 is 23.5 Å². The number of ketones is 1. The Balaban J connectivity index is 1.20. The molecule has 12 N–H and O–H groups in total. The predicted molar refractivity (Wildman–Crippen MR) is 211 cm³/mol. The molecule has 3 heterocycles. The zero-order valence-electron chi connectivity index (χ0n) is 32.4. The van der Waals surface area contributed by atoms with Crippen LogP contribution >= 0.6 is 35.2 Å². The summed E-state index contributed by atoms with van der Waals surface area (Å²) in [5, 5.41) is 25.9. The maximum absolute atomic E-state index is 12.7. The molecular formula is C31H45N8O18P3S. The molecule has 338 valence electrons. The van der Waals surface area contributed by atoms with E-state index in [4.69, 9.17) is 25.3 Å². The number of Topliss-reactive ketones (excluding diaryl/α,β-unsaturated/α-hetero) is 1. The van der Waals surface area contributed by atoms with Crippen molar-refractivity contribution in [3.8, 4) is 0 Å². The van der Waals surface area contributed by atoms with Crippen molar-refractivity contribution in [3.63, 3.8) is 0 Å². The van der Waals surface area contributed by atoms with Crippen LogP contribution in [0.15, 0.2) is 36.9 Å². The first-order chi connectivity index (χ1) is 28.3. The lowest BCUT2D eigenvalue weighted by Gasteiger charge is -2.30. The third kappa shape index (κ3) is 13.9. The number of rotatable bonds is 22. The van der Waals surface area contributed by atoms with E-state index in [1.54, 1.807) is 18.2 Å². The van der Waals surface area contributed by atoms with Crippen LogP contribution in [0.1, 0.15) is 43.8 Å². The Morgan fingerprint density at radius 2 is 1.67 bits per heavy atom. The average Bonchev–Trinajstić information content (AvgIpc) is 3.74. The molecule has 1 aliphatic heterocycles. The van der Waals surface area contributed by atoms with Crippen LogP contribution in [-0.4, -0.2) is 128 Å². The van der Waals surface area contributed by atoms with Crippen molar-refractivity contribution >= 4 is 80.6 Å². The van der Waals surface area contributed by atoms with Crippen molar-refractivity contribution in [1.82, 2.24) is 30.2 Å². The maximum atomic E-state index is 12.7. The number of hydrogen-bond donors (Lipinski definition) is 10. The summed E-state index contributed by atoms with van der Waals surface area (Å²) in [5.41, 5.74) is 10.5. The standard InChI is InChI=1S/C31H45N8O18P3S/c1-16(22(41)17-6-4-5-7-18(17)32)30(45)61-11-10-34-20(40)8-9-35-28(44)25(43)31(2,3)13-54-60(51,52)57-59(49,50)53-12-19-24(56-58(46,47)48)23(42)29(55-19)39-15-38-21-26(33)36-14-37-27(21)39/h4-7,14-16,19,23-25,29,42-43H,8-13,32H2,1-3H3,(H,34,40)(H,35,44)(H,49,50)(H,51,52)(H2,33,36,37)(H2,46,47,48)/t16?,19-,23-,24-,25?,29-/m1/s1. The van der Waals surface area contributed by atoms with E-state index in [1.165, 1.54) is 26.8 Å². The predicted octanol–water partition coefficient (Wildman–Crippen LogP) is -0.234. The Kier molecular flexibility index (Phi) is 16.9. The van der Waals surface area contributed by atoms with Gasteiger partial charge in [0.2, 0.25) is 11.8 Å². The Morgan fingerprint density at radius 3 is 2.34 bits per heavy atom. The number of benzene rings is 1. The van der Waals surface area contributed by atoms with E-state index in [9.17, 15) is 62.7 Å². The molecule has 0 saturated carbocycles. The number of phosphoric acid groups is 3. The van der Waals surface area contributed by atoms with Gasteiger partial charge in [-0.2, -0.15) is 4.31 Å². The van der Waals surface area contributed by atoms with Gasteiger partial charge in [-0.15, -0.1) is 0 Å². The lowest BCUT2D eigenvalue weighted by atomic mass is 9.87. The van der Waals surface area contributed by atoms with Gasteiger partial charge in [-0.25, -0.2) is 28.6 Å². The van der Waals surface area contributed by atoms with E-state index in [2.05, 4.69) is 34.4 Å². The van der Waals surface area contributed by atoms with Crippen LogP contribution in [0.4, 0.5) is 11.5 Å². The van der Waals surface area contributed by atoms with Crippen LogP contribution in [0.25, 0.3) is 11.2 Å². The zero-order chi connectivity index (χ0) is 45.5. The number of aliphatic hydroxyl groups excluding tert-OH is 2. The van der Waals surface area contributed by atoms with Crippen LogP contribution in [-0.2, 0) is 50.7 Å². The second-order valence-corrected chi connectivity index (χ2v) is 19.2. The van der Waals surface area contributed by atoms with Gasteiger partial charge in [0.15, 0.2) is 28.6 Å². The minimum atomic E-state index is -5.60. The first-order valence-corrected chi connectivity index (χ1v) is 23.3. The molecular weight excluding hydrogens is 897 g/mol. The van der Waals surface area contributed by atoms with Crippen LogP contribution < -0.4 is 22.1 Å². The molecule has 8 atom stereocenters. The number of nitrogens with two attached hydrogens (primary N) is 2. The largest absolute Gasteiger partial charge is 0.481 e. The molecule has 1 aromatic carbocycles. The molecule has 3 aromatic rings. The number of nitrogens with one attached hydrogen (secondary N) is 2. The fraction of sp³-hybridized carbons (Fsp3) is 0.516. The zero-order valence-corrected chi connectivity index (χ0v) is 35.9. The van der Waals surface area contributed by atoms with Gasteiger partial charge in [-0.1, -0.05) is 37.7 Å². The molecule has 0 bridgehead atoms. The van der Waals surface area contributed by atoms with Crippen molar-refractivity contribution in [3.05, 3.63) is 42.5 Å². The molecule has 2 amide bonds. The number of nitrogens with zero attached hydrogens (tertiary/aromatic N) is 4. The molecule has 4 unspecified atom stereocenters. The van der Waals surface area contributed by atoms with Gasteiger partial charge in [0.25, 0.3) is 0 Å². The second-order valence-electron chi connectivity index (χ2n) is 13.9. The highest BCUT2D eigenvalue weighted by molar-refractivity contribution is 8.13. The number of thioether (sulfide) groups is 1. The SMILES string of the molecule is CC(C(=O)SCCNC(=O)CCNC(=O)C(O)C(C)(C)COP(=O)(O)OP(=O)(O)OC[C@H]1O[C@@H](n2cnc3c(N)ncnc32)[C@H](O)[C@@H]1OP(=O)(O)O)C(=O)c1ccccc1N. The first-order valence-electron chi connectivity index (χ1n) is 17.8. The summed E-state index contributed by atoms with van der Waals surface area (Å²) < 4.78 is 62.2. The number of hydrogen-bond acceptors (Lipinski definition) is 20. The van der Waals surface area contributed by atoms with Crippen molar-refractivity contribution in [2.24, 2.45) is 11.3 Å².